The summed E-state index contributed by atoms with van der Waals surface area (Å²) in [5.41, 5.74) is 5.20. The van der Waals surface area contributed by atoms with Crippen LogP contribution in [-0.2, 0) is 11.3 Å². The molecule has 1 amide bonds. The minimum Gasteiger partial charge on any atom is -0.369 e. The summed E-state index contributed by atoms with van der Waals surface area (Å²) in [5.74, 6) is 0.689. The second kappa shape index (κ2) is 5.86. The maximum absolute atomic E-state index is 10.8. The van der Waals surface area contributed by atoms with Crippen LogP contribution < -0.4 is 11.1 Å². The zero-order valence-electron chi connectivity index (χ0n) is 10.8. The molecule has 1 aromatic heterocycles. The molecular weight excluding hydrogens is 230 g/mol. The Labute approximate surface area is 107 Å². The number of carbonyl (C=O) groups excluding carboxylic acids is 1. The van der Waals surface area contributed by atoms with Gasteiger partial charge in [0, 0.05) is 38.1 Å². The molecule has 2 heterocycles. The number of anilines is 1. The smallest absolute Gasteiger partial charge is 0.231 e. The third kappa shape index (κ3) is 3.22. The Morgan fingerprint density at radius 2 is 2.28 bits per heavy atom. The Balaban J connectivity index is 1.81. The molecule has 0 bridgehead atoms. The topological polar surface area (TPSA) is 76.2 Å². The van der Waals surface area contributed by atoms with Crippen LogP contribution in [0.4, 0.5) is 5.95 Å². The van der Waals surface area contributed by atoms with Gasteiger partial charge in [0.1, 0.15) is 0 Å². The Hall–Kier alpha value is -1.56. The fraction of sp³-hybridized carbons (Fsp3) is 0.667. The second-order valence-electron chi connectivity index (χ2n) is 4.70. The van der Waals surface area contributed by atoms with Crippen molar-refractivity contribution in [3.63, 3.8) is 0 Å². The van der Waals surface area contributed by atoms with Crippen molar-refractivity contribution < 1.29 is 4.79 Å². The number of primary amides is 1. The Morgan fingerprint density at radius 1 is 1.56 bits per heavy atom. The lowest BCUT2D eigenvalue weighted by atomic mass is 10.1. The van der Waals surface area contributed by atoms with Crippen molar-refractivity contribution >= 4 is 11.9 Å². The lowest BCUT2D eigenvalue weighted by molar-refractivity contribution is -0.119. The highest BCUT2D eigenvalue weighted by molar-refractivity contribution is 5.75. The molecule has 0 atom stereocenters. The minimum absolute atomic E-state index is 0.247. The van der Waals surface area contributed by atoms with Crippen LogP contribution in [0.5, 0.6) is 0 Å². The van der Waals surface area contributed by atoms with E-state index in [-0.39, 0.29) is 5.91 Å². The first-order chi connectivity index (χ1) is 8.69. The van der Waals surface area contributed by atoms with Crippen LogP contribution in [0.1, 0.15) is 19.8 Å². The predicted molar refractivity (Wildman–Crippen MR) is 70.2 cm³/mol. The van der Waals surface area contributed by atoms with Gasteiger partial charge in [-0.15, -0.1) is 0 Å². The van der Waals surface area contributed by atoms with Gasteiger partial charge in [-0.3, -0.25) is 9.69 Å². The van der Waals surface area contributed by atoms with Crippen LogP contribution in [0.2, 0.25) is 0 Å². The lowest BCUT2D eigenvalue weighted by Crippen LogP contribution is -2.43. The molecule has 0 spiro atoms. The normalized spacial score (nSPS) is 17.8. The third-order valence-electron chi connectivity index (χ3n) is 3.36. The summed E-state index contributed by atoms with van der Waals surface area (Å²) in [6.07, 6.45) is 5.83. The number of aromatic nitrogens is 2. The van der Waals surface area contributed by atoms with Crippen LogP contribution in [0.15, 0.2) is 12.4 Å². The standard InChI is InChI=1S/C12H21N5O/c1-2-17-8-5-14-12(17)15-10-3-6-16(7-4-10)9-11(13)18/h5,8,10H,2-4,6-7,9H2,1H3,(H2,13,18)(H,14,15). The molecule has 3 N–H and O–H groups in total. The molecular formula is C12H21N5O. The van der Waals surface area contributed by atoms with Gasteiger partial charge in [0.15, 0.2) is 0 Å². The predicted octanol–water partition coefficient (Wildman–Crippen LogP) is 0.265. The molecule has 1 aliphatic rings. The van der Waals surface area contributed by atoms with Gasteiger partial charge < -0.3 is 15.6 Å². The molecule has 1 fully saturated rings. The number of amides is 1. The Bertz CT molecular complexity index is 395. The van der Waals surface area contributed by atoms with E-state index >= 15 is 0 Å². The second-order valence-corrected chi connectivity index (χ2v) is 4.70. The Kier molecular flexibility index (Phi) is 4.19. The quantitative estimate of drug-likeness (QED) is 0.787. The molecule has 0 aromatic carbocycles. The van der Waals surface area contributed by atoms with Crippen molar-refractivity contribution in [1.82, 2.24) is 14.5 Å². The van der Waals surface area contributed by atoms with Gasteiger partial charge in [0.25, 0.3) is 0 Å². The van der Waals surface area contributed by atoms with E-state index in [2.05, 4.69) is 26.7 Å². The van der Waals surface area contributed by atoms with E-state index in [1.165, 1.54) is 0 Å². The summed E-state index contributed by atoms with van der Waals surface area (Å²) in [6, 6.07) is 0.432. The monoisotopic (exact) mass is 251 g/mol. The average molecular weight is 251 g/mol. The largest absolute Gasteiger partial charge is 0.369 e. The first kappa shape index (κ1) is 12.9. The number of piperidine rings is 1. The van der Waals surface area contributed by atoms with Crippen molar-refractivity contribution in [2.45, 2.75) is 32.4 Å². The van der Waals surface area contributed by atoms with E-state index < -0.39 is 0 Å². The molecule has 0 saturated carbocycles. The summed E-state index contributed by atoms with van der Waals surface area (Å²) in [5, 5.41) is 3.46. The summed E-state index contributed by atoms with van der Waals surface area (Å²) >= 11 is 0. The number of imidazole rings is 1. The van der Waals surface area contributed by atoms with Gasteiger partial charge in [0.05, 0.1) is 6.54 Å². The molecule has 6 nitrogen and oxygen atoms in total. The average Bonchev–Trinajstić information content (AvgIpc) is 2.78. The highest BCUT2D eigenvalue weighted by Crippen LogP contribution is 2.15. The zero-order valence-corrected chi connectivity index (χ0v) is 10.8. The van der Waals surface area contributed by atoms with Crippen LogP contribution >= 0.6 is 0 Å². The highest BCUT2D eigenvalue weighted by atomic mass is 16.1. The van der Waals surface area contributed by atoms with Crippen molar-refractivity contribution in [2.24, 2.45) is 5.73 Å². The maximum atomic E-state index is 10.8. The van der Waals surface area contributed by atoms with Gasteiger partial charge in [-0.25, -0.2) is 4.98 Å². The van der Waals surface area contributed by atoms with E-state index in [1.54, 1.807) is 0 Å². The van der Waals surface area contributed by atoms with Gasteiger partial charge in [-0.2, -0.15) is 0 Å². The number of rotatable bonds is 5. The van der Waals surface area contributed by atoms with Crippen LogP contribution in [0.25, 0.3) is 0 Å². The first-order valence-corrected chi connectivity index (χ1v) is 6.47. The number of aryl methyl sites for hydroxylation is 1. The number of carbonyl (C=O) groups is 1. The fourth-order valence-electron chi connectivity index (χ4n) is 2.34. The van der Waals surface area contributed by atoms with Crippen molar-refractivity contribution in [2.75, 3.05) is 25.0 Å². The van der Waals surface area contributed by atoms with E-state index in [1.807, 2.05) is 12.4 Å². The number of nitrogens with two attached hydrogens (primary N) is 1. The summed E-state index contributed by atoms with van der Waals surface area (Å²) in [7, 11) is 0. The van der Waals surface area contributed by atoms with E-state index in [0.29, 0.717) is 12.6 Å². The van der Waals surface area contributed by atoms with Gasteiger partial charge in [-0.05, 0) is 19.8 Å². The van der Waals surface area contributed by atoms with Crippen molar-refractivity contribution in [3.8, 4) is 0 Å². The molecule has 6 heteroatoms. The number of hydrogen-bond donors (Lipinski definition) is 2. The highest BCUT2D eigenvalue weighted by Gasteiger charge is 2.20. The van der Waals surface area contributed by atoms with E-state index in [9.17, 15) is 4.79 Å². The molecule has 0 radical (unpaired) electrons. The molecule has 100 valence electrons. The maximum Gasteiger partial charge on any atom is 0.231 e. The number of nitrogens with zero attached hydrogens (tertiary/aromatic N) is 3. The fourth-order valence-corrected chi connectivity index (χ4v) is 2.34. The Morgan fingerprint density at radius 3 is 2.89 bits per heavy atom. The van der Waals surface area contributed by atoms with E-state index in [0.717, 1.165) is 38.4 Å². The van der Waals surface area contributed by atoms with Crippen LogP contribution in [0, 0.1) is 0 Å². The number of likely N-dealkylation sites (tertiary alicyclic amines) is 1. The molecule has 18 heavy (non-hydrogen) atoms. The molecule has 0 unspecified atom stereocenters. The van der Waals surface area contributed by atoms with Gasteiger partial charge in [-0.1, -0.05) is 0 Å². The molecule has 1 aromatic rings. The lowest BCUT2D eigenvalue weighted by Gasteiger charge is -2.31. The molecule has 2 rings (SSSR count). The third-order valence-corrected chi connectivity index (χ3v) is 3.36. The summed E-state index contributed by atoms with van der Waals surface area (Å²) < 4.78 is 2.09. The van der Waals surface area contributed by atoms with Crippen molar-refractivity contribution in [3.05, 3.63) is 12.4 Å². The first-order valence-electron chi connectivity index (χ1n) is 6.47. The van der Waals surface area contributed by atoms with Crippen molar-refractivity contribution in [1.29, 1.82) is 0 Å². The van der Waals surface area contributed by atoms with Gasteiger partial charge in [0.2, 0.25) is 11.9 Å². The zero-order chi connectivity index (χ0) is 13.0. The SMILES string of the molecule is CCn1ccnc1NC1CCN(CC(N)=O)CC1. The summed E-state index contributed by atoms with van der Waals surface area (Å²) in [4.78, 5) is 17.3. The molecule has 1 aliphatic heterocycles. The summed E-state index contributed by atoms with van der Waals surface area (Å²) in [6.45, 7) is 5.21. The number of nitrogens with one attached hydrogen (secondary N) is 1. The van der Waals surface area contributed by atoms with Crippen LogP contribution in [-0.4, -0.2) is 46.0 Å². The minimum atomic E-state index is -0.247. The molecule has 0 aliphatic carbocycles. The molecule has 1 saturated heterocycles. The van der Waals surface area contributed by atoms with Crippen LogP contribution in [0.3, 0.4) is 0 Å². The van der Waals surface area contributed by atoms with E-state index in [4.69, 9.17) is 5.73 Å². The number of hydrogen-bond acceptors (Lipinski definition) is 4. The van der Waals surface area contributed by atoms with Gasteiger partial charge >= 0.3 is 0 Å².